The number of hydrogen-bond donors (Lipinski definition) is 5. The van der Waals surface area contributed by atoms with Gasteiger partial charge in [0.05, 0.1) is 17.5 Å². The lowest BCUT2D eigenvalue weighted by molar-refractivity contribution is -0.694. The van der Waals surface area contributed by atoms with Crippen LogP contribution >= 0.6 is 27.9 Å². The van der Waals surface area contributed by atoms with E-state index < -0.39 is 76.3 Å². The zero-order chi connectivity index (χ0) is 24.6. The number of nitrogens with zero attached hydrogens (tertiary/aromatic N) is 4. The van der Waals surface area contributed by atoms with Gasteiger partial charge in [0, 0.05) is 0 Å². The smallest absolute Gasteiger partial charge is 0.251 e. The van der Waals surface area contributed by atoms with Crippen molar-refractivity contribution in [3.05, 3.63) is 12.7 Å². The molecule has 2 aromatic rings. The Morgan fingerprint density at radius 3 is 2.56 bits per heavy atom. The van der Waals surface area contributed by atoms with Gasteiger partial charge in [0.1, 0.15) is 45.3 Å². The minimum atomic E-state index is -5.45. The van der Waals surface area contributed by atoms with Crippen LogP contribution in [0.1, 0.15) is 11.6 Å². The molecule has 4 aliphatic heterocycles. The van der Waals surface area contributed by atoms with Gasteiger partial charge < -0.3 is 50.5 Å². The highest BCUT2D eigenvalue weighted by Crippen LogP contribution is 2.61. The minimum Gasteiger partial charge on any atom is -0.656 e. The number of phosphoric acid groups is 1. The molecule has 2 saturated heterocycles. The van der Waals surface area contributed by atoms with E-state index in [1.165, 1.54) is 21.8 Å². The summed E-state index contributed by atoms with van der Waals surface area (Å²) in [5.41, 5.74) is 6.52. The molecule has 188 valence electrons. The highest BCUT2D eigenvalue weighted by Gasteiger charge is 2.50. The van der Waals surface area contributed by atoms with Gasteiger partial charge in [-0.05, 0) is 0 Å². The summed E-state index contributed by atoms with van der Waals surface area (Å²) in [6.07, 6.45) is -7.32. The van der Waals surface area contributed by atoms with Crippen LogP contribution in [0, 0.1) is 0 Å². The fourth-order valence-electron chi connectivity index (χ4n) is 4.15. The van der Waals surface area contributed by atoms with Crippen molar-refractivity contribution >= 4 is 44.9 Å². The van der Waals surface area contributed by atoms with Gasteiger partial charge in [-0.25, -0.2) is 14.1 Å². The van der Waals surface area contributed by atoms with Crippen LogP contribution in [-0.4, -0.2) is 83.5 Å². The van der Waals surface area contributed by atoms with Crippen LogP contribution in [0.3, 0.4) is 0 Å². The fraction of sp³-hybridized carbons (Fsp3) is 0.667. The molecule has 6 heterocycles. The molecule has 0 spiro atoms. The topological polar surface area (TPSA) is 261 Å². The van der Waals surface area contributed by atoms with Crippen LogP contribution in [0.25, 0.3) is 11.2 Å². The second-order valence-corrected chi connectivity index (χ2v) is 12.8. The predicted octanol–water partition coefficient (Wildman–Crippen LogP) is -5.82. The van der Waals surface area contributed by atoms with Crippen molar-refractivity contribution < 1.29 is 58.1 Å². The Morgan fingerprint density at radius 2 is 1.82 bits per heavy atom. The molecule has 8 bridgehead atoms. The van der Waals surface area contributed by atoms with Crippen molar-refractivity contribution in [2.45, 2.75) is 47.4 Å². The molecular weight excluding hydrogens is 520 g/mol. The number of fused-ring (bicyclic) bond motifs is 6. The predicted molar refractivity (Wildman–Crippen MR) is 106 cm³/mol. The molecule has 0 aromatic carbocycles. The van der Waals surface area contributed by atoms with E-state index in [0.29, 0.717) is 0 Å². The first-order valence-corrected chi connectivity index (χ1v) is 14.0. The van der Waals surface area contributed by atoms with Crippen LogP contribution in [0.2, 0.25) is 0 Å². The van der Waals surface area contributed by atoms with Gasteiger partial charge >= 0.3 is 0 Å². The van der Waals surface area contributed by atoms with E-state index >= 15 is 0 Å². The van der Waals surface area contributed by atoms with Crippen molar-refractivity contribution in [2.75, 3.05) is 18.5 Å². The summed E-state index contributed by atoms with van der Waals surface area (Å²) in [5.74, 6) is 0.0102. The Bertz CT molecular complexity index is 1090. The monoisotopic (exact) mass is 540 g/mol. The van der Waals surface area contributed by atoms with Crippen LogP contribution in [0.5, 0.6) is 0 Å². The minimum absolute atomic E-state index is 0.0102. The van der Waals surface area contributed by atoms with Crippen molar-refractivity contribution in [3.63, 3.8) is 0 Å². The molecule has 19 heteroatoms. The molecule has 4 aliphatic rings. The Kier molecular flexibility index (Phi) is 6.28. The number of thioether (sulfide) groups is 1. The average Bonchev–Trinajstić information content (AvgIpc) is 3.37. The molecule has 0 radical (unpaired) electrons. The third-order valence-electron chi connectivity index (χ3n) is 5.84. The van der Waals surface area contributed by atoms with Gasteiger partial charge in [0.15, 0.2) is 17.1 Å². The number of phosphoric ester groups is 1. The van der Waals surface area contributed by atoms with Crippen LogP contribution in [0.4, 0.5) is 5.82 Å². The number of anilines is 1. The number of nitrogen functional groups attached to an aromatic ring is 1. The second kappa shape index (κ2) is 8.61. The Labute approximate surface area is 196 Å². The van der Waals surface area contributed by atoms with Gasteiger partial charge in [-0.15, -0.1) is 11.8 Å². The van der Waals surface area contributed by atoms with Gasteiger partial charge in [-0.3, -0.25) is 4.57 Å². The number of ether oxygens (including phenoxy) is 1. The number of nitrogens with two attached hydrogens (primary N) is 1. The summed E-state index contributed by atoms with van der Waals surface area (Å²) in [7, 11) is -10.6. The van der Waals surface area contributed by atoms with Crippen LogP contribution < -0.4 is 29.9 Å². The molecule has 0 saturated carbocycles. The maximum atomic E-state index is 12.4. The third-order valence-corrected chi connectivity index (χ3v) is 10.8. The largest absolute Gasteiger partial charge is 0.656 e. The summed E-state index contributed by atoms with van der Waals surface area (Å²) in [6, 6.07) is 0. The molecule has 0 aliphatic carbocycles. The quantitative estimate of drug-likeness (QED) is 0.154. The zero-order valence-corrected chi connectivity index (χ0v) is 19.6. The number of aromatic nitrogens is 4. The molecule has 0 unspecified atom stereocenters. The van der Waals surface area contributed by atoms with E-state index in [9.17, 15) is 40.0 Å². The Hall–Kier alpha value is -0.880. The van der Waals surface area contributed by atoms with Gasteiger partial charge in [-0.2, -0.15) is 0 Å². The first-order valence-electron chi connectivity index (χ1n) is 9.91. The summed E-state index contributed by atoms with van der Waals surface area (Å²) >= 11 is 0.832. The average molecular weight is 540 g/mol. The SMILES string of the molecule is Nc1c2ncn3c2nc[n+]1[C@@H]1S[C@@H](C[P+]([O-])([O-])O[P+]([O-])([O-])OC[C@H]2O[C@@H]3[C@H](O)[C@@H]2O)[C@@H](O)[C@@H]1O. The normalized spacial score (nSPS) is 39.6. The van der Waals surface area contributed by atoms with Crippen molar-refractivity contribution in [3.8, 4) is 0 Å². The molecule has 6 rings (SSSR count). The molecule has 34 heavy (non-hydrogen) atoms. The molecule has 16 nitrogen and oxygen atoms in total. The molecule has 2 fully saturated rings. The lowest BCUT2D eigenvalue weighted by atomic mass is 10.1. The number of rotatable bonds is 0. The van der Waals surface area contributed by atoms with E-state index in [-0.39, 0.29) is 17.0 Å². The van der Waals surface area contributed by atoms with E-state index in [1.807, 2.05) is 0 Å². The lowest BCUT2D eigenvalue weighted by Gasteiger charge is -2.41. The highest BCUT2D eigenvalue weighted by atomic mass is 32.2. The third kappa shape index (κ3) is 4.19. The number of imidazole rings is 1. The number of aliphatic hydroxyl groups excluding tert-OH is 4. The van der Waals surface area contributed by atoms with Crippen LogP contribution in [0.15, 0.2) is 12.7 Å². The first-order chi connectivity index (χ1) is 15.9. The molecule has 0 amide bonds. The van der Waals surface area contributed by atoms with Crippen LogP contribution in [-0.2, 0) is 13.6 Å². The summed E-state index contributed by atoms with van der Waals surface area (Å²) < 4.78 is 17.0. The van der Waals surface area contributed by atoms with Crippen molar-refractivity contribution in [1.29, 1.82) is 0 Å². The van der Waals surface area contributed by atoms with E-state index in [2.05, 4.69) is 18.8 Å². The number of aliphatic hydroxyl groups is 4. The number of hydrogen-bond acceptors (Lipinski definition) is 15. The Balaban J connectivity index is 1.59. The maximum absolute atomic E-state index is 12.4. The van der Waals surface area contributed by atoms with E-state index in [1.54, 1.807) is 0 Å². The second-order valence-electron chi connectivity index (χ2n) is 8.07. The Morgan fingerprint density at radius 1 is 1.09 bits per heavy atom. The van der Waals surface area contributed by atoms with Crippen molar-refractivity contribution in [1.82, 2.24) is 14.5 Å². The fourth-order valence-corrected chi connectivity index (χ4v) is 9.01. The molecule has 8 atom stereocenters. The maximum Gasteiger partial charge on any atom is 0.251 e. The van der Waals surface area contributed by atoms with Crippen molar-refractivity contribution in [2.24, 2.45) is 0 Å². The molecular formula is C15H20N5O11P2S-. The van der Waals surface area contributed by atoms with Gasteiger partial charge in [0.25, 0.3) is 5.82 Å². The molecule has 2 aromatic heterocycles. The van der Waals surface area contributed by atoms with Gasteiger partial charge in [0.2, 0.25) is 20.1 Å². The van der Waals surface area contributed by atoms with Gasteiger partial charge in [-0.1, -0.05) is 9.29 Å². The standard InChI is InChI=1S/C15H21N5O11P2S/c16-12-7-13-18-4-19(12)15-11(24)9(22)6(34-15)2-32(25,26)31-33(27,28)29-1-5-8(21)10(23)14(30-5)20(13)3-17-7/h3-6,8-11,14-16,21-24H,1-2H2,(H2,25,26,27,28)/p-1/t5-,6+,8-,9-,10-,11+,14-,15-/m1/s1. The lowest BCUT2D eigenvalue weighted by Crippen LogP contribution is -2.47. The summed E-state index contributed by atoms with van der Waals surface area (Å²) in [5, 5.41) is 39.6. The van der Waals surface area contributed by atoms with E-state index in [0.717, 1.165) is 11.8 Å². The van der Waals surface area contributed by atoms with E-state index in [4.69, 9.17) is 10.5 Å². The summed E-state index contributed by atoms with van der Waals surface area (Å²) in [4.78, 5) is 57.5. The first kappa shape index (κ1) is 24.8. The highest BCUT2D eigenvalue weighted by molar-refractivity contribution is 8.00. The molecule has 6 N–H and O–H groups in total. The summed E-state index contributed by atoms with van der Waals surface area (Å²) in [6.45, 7) is -0.862. The zero-order valence-electron chi connectivity index (χ0n) is 17.0.